The second-order valence-electron chi connectivity index (χ2n) is 7.04. The lowest BCUT2D eigenvalue weighted by atomic mass is 9.96. The summed E-state index contributed by atoms with van der Waals surface area (Å²) in [5.41, 5.74) is 4.35. The molecule has 134 valence electrons. The Hall–Kier alpha value is -2.22. The summed E-state index contributed by atoms with van der Waals surface area (Å²) in [6.45, 7) is 3.93. The zero-order valence-electron chi connectivity index (χ0n) is 14.8. The molecule has 1 fully saturated rings. The molecule has 1 saturated heterocycles. The molecule has 5 heterocycles. The van der Waals surface area contributed by atoms with Gasteiger partial charge in [0.1, 0.15) is 0 Å². The van der Waals surface area contributed by atoms with Crippen molar-refractivity contribution in [2.45, 2.75) is 37.9 Å². The van der Waals surface area contributed by atoms with E-state index in [1.807, 2.05) is 35.3 Å². The van der Waals surface area contributed by atoms with Crippen LogP contribution < -0.4 is 4.90 Å². The summed E-state index contributed by atoms with van der Waals surface area (Å²) < 4.78 is 1.91. The second kappa shape index (κ2) is 6.50. The Morgan fingerprint density at radius 1 is 1.08 bits per heavy atom. The minimum atomic E-state index is 0.386. The van der Waals surface area contributed by atoms with Gasteiger partial charge in [0.2, 0.25) is 0 Å². The van der Waals surface area contributed by atoms with Gasteiger partial charge in [-0.05, 0) is 49.3 Å². The summed E-state index contributed by atoms with van der Waals surface area (Å²) in [5.74, 6) is 4.61. The van der Waals surface area contributed by atoms with Crippen LogP contribution in [0, 0.1) is 6.92 Å². The second-order valence-corrected chi connectivity index (χ2v) is 8.15. The molecule has 0 saturated carbocycles. The van der Waals surface area contributed by atoms with E-state index in [0.29, 0.717) is 5.92 Å². The number of anilines is 1. The van der Waals surface area contributed by atoms with Crippen molar-refractivity contribution in [1.82, 2.24) is 30.0 Å². The topological polar surface area (TPSA) is 72.1 Å². The monoisotopic (exact) mass is 367 g/mol. The van der Waals surface area contributed by atoms with E-state index in [4.69, 9.17) is 0 Å². The Morgan fingerprint density at radius 2 is 1.96 bits per heavy atom. The van der Waals surface area contributed by atoms with Crippen molar-refractivity contribution in [3.05, 3.63) is 41.0 Å². The molecule has 0 radical (unpaired) electrons. The van der Waals surface area contributed by atoms with Gasteiger partial charge in [0.15, 0.2) is 17.3 Å². The quantitative estimate of drug-likeness (QED) is 0.688. The van der Waals surface area contributed by atoms with Crippen LogP contribution in [0.3, 0.4) is 0 Å². The van der Waals surface area contributed by atoms with E-state index >= 15 is 0 Å². The molecule has 0 amide bonds. The molecule has 5 rings (SSSR count). The summed E-state index contributed by atoms with van der Waals surface area (Å²) in [6.07, 6.45) is 3.11. The van der Waals surface area contributed by atoms with Gasteiger partial charge in [-0.25, -0.2) is 0 Å². The molecule has 0 aromatic carbocycles. The maximum atomic E-state index is 4.59. The first-order chi connectivity index (χ1) is 12.8. The third-order valence-corrected chi connectivity index (χ3v) is 6.30. The van der Waals surface area contributed by atoms with Crippen LogP contribution in [0.5, 0.6) is 0 Å². The van der Waals surface area contributed by atoms with Crippen molar-refractivity contribution in [2.24, 2.45) is 0 Å². The third-order valence-electron chi connectivity index (χ3n) is 5.29. The van der Waals surface area contributed by atoms with Crippen LogP contribution in [0.1, 0.15) is 41.5 Å². The van der Waals surface area contributed by atoms with E-state index in [9.17, 15) is 0 Å². The van der Waals surface area contributed by atoms with Gasteiger partial charge in [0.05, 0.1) is 11.4 Å². The first-order valence-corrected chi connectivity index (χ1v) is 10.3. The lowest BCUT2D eigenvalue weighted by molar-refractivity contribution is 0.473. The molecule has 0 spiro atoms. The van der Waals surface area contributed by atoms with Crippen LogP contribution in [-0.4, -0.2) is 48.9 Å². The van der Waals surface area contributed by atoms with Gasteiger partial charge in [-0.1, -0.05) is 0 Å². The number of fused-ring (bicyclic) bond motifs is 2. The van der Waals surface area contributed by atoms with Crippen LogP contribution in [0.25, 0.3) is 5.65 Å². The van der Waals surface area contributed by atoms with Gasteiger partial charge in [-0.15, -0.1) is 15.3 Å². The van der Waals surface area contributed by atoms with E-state index in [0.717, 1.165) is 66.8 Å². The van der Waals surface area contributed by atoms with E-state index in [2.05, 4.69) is 36.5 Å². The molecule has 7 nitrogen and oxygen atoms in total. The summed E-state index contributed by atoms with van der Waals surface area (Å²) >= 11 is 1.98. The van der Waals surface area contributed by atoms with E-state index in [-0.39, 0.29) is 0 Å². The molecule has 0 aliphatic carbocycles. The Kier molecular flexibility index (Phi) is 4.00. The fourth-order valence-corrected chi connectivity index (χ4v) is 4.76. The van der Waals surface area contributed by atoms with Crippen LogP contribution >= 0.6 is 11.8 Å². The first-order valence-electron chi connectivity index (χ1n) is 9.15. The largest absolute Gasteiger partial charge is 0.355 e. The number of nitrogens with zero attached hydrogens (tertiary/aromatic N) is 7. The number of hydrogen-bond acceptors (Lipinski definition) is 7. The molecular formula is C18H21N7S. The Balaban J connectivity index is 1.33. The molecular weight excluding hydrogens is 346 g/mol. The fraction of sp³-hybridized carbons (Fsp3) is 0.500. The van der Waals surface area contributed by atoms with Gasteiger partial charge >= 0.3 is 0 Å². The molecule has 0 bridgehead atoms. The lowest BCUT2D eigenvalue weighted by Gasteiger charge is -2.32. The maximum absolute atomic E-state index is 4.59. The summed E-state index contributed by atoms with van der Waals surface area (Å²) in [6, 6.07) is 6.20. The summed E-state index contributed by atoms with van der Waals surface area (Å²) in [5, 5.41) is 22.2. The highest BCUT2D eigenvalue weighted by molar-refractivity contribution is 7.98. The number of rotatable bonds is 2. The summed E-state index contributed by atoms with van der Waals surface area (Å²) in [4.78, 5) is 2.35. The minimum Gasteiger partial charge on any atom is -0.355 e. The Bertz CT molecular complexity index is 946. The number of aryl methyl sites for hydroxylation is 2. The van der Waals surface area contributed by atoms with Crippen LogP contribution in [-0.2, 0) is 12.2 Å². The molecule has 0 atom stereocenters. The lowest BCUT2D eigenvalue weighted by Crippen LogP contribution is -2.34. The van der Waals surface area contributed by atoms with E-state index < -0.39 is 0 Å². The molecule has 8 heteroatoms. The molecule has 2 aliphatic rings. The first kappa shape index (κ1) is 16.0. The highest BCUT2D eigenvalue weighted by atomic mass is 32.2. The molecule has 3 aromatic rings. The molecule has 0 unspecified atom stereocenters. The smallest absolute Gasteiger partial charge is 0.177 e. The number of aromatic nitrogens is 6. The standard InChI is InChI=1S/C18H21N7S/c1-12-2-3-16-20-22-18(25(16)23-12)13-4-7-24(8-5-13)17-10-14-11-26-9-6-15(14)19-21-17/h2-3,10,13H,4-9,11H2,1H3. The minimum absolute atomic E-state index is 0.386. The van der Waals surface area contributed by atoms with Crippen molar-refractivity contribution in [2.75, 3.05) is 23.7 Å². The number of thioether (sulfide) groups is 1. The molecule has 3 aromatic heterocycles. The van der Waals surface area contributed by atoms with Crippen molar-refractivity contribution < 1.29 is 0 Å². The highest BCUT2D eigenvalue weighted by Crippen LogP contribution is 2.30. The average molecular weight is 367 g/mol. The Labute approximate surface area is 156 Å². The number of hydrogen-bond donors (Lipinski definition) is 0. The predicted molar refractivity (Wildman–Crippen MR) is 102 cm³/mol. The van der Waals surface area contributed by atoms with Crippen LogP contribution in [0.15, 0.2) is 18.2 Å². The van der Waals surface area contributed by atoms with E-state index in [1.54, 1.807) is 0 Å². The summed E-state index contributed by atoms with van der Waals surface area (Å²) in [7, 11) is 0. The van der Waals surface area contributed by atoms with Gasteiger partial charge in [0, 0.05) is 31.2 Å². The van der Waals surface area contributed by atoms with Gasteiger partial charge in [-0.3, -0.25) is 0 Å². The third kappa shape index (κ3) is 2.82. The normalized spacial score (nSPS) is 18.3. The van der Waals surface area contributed by atoms with Gasteiger partial charge in [-0.2, -0.15) is 26.5 Å². The van der Waals surface area contributed by atoms with E-state index in [1.165, 1.54) is 11.3 Å². The van der Waals surface area contributed by atoms with Crippen LogP contribution in [0.2, 0.25) is 0 Å². The zero-order chi connectivity index (χ0) is 17.5. The SMILES string of the molecule is Cc1ccc2nnc(C3CCN(c4cc5c(nn4)CCSC5)CC3)n2n1. The van der Waals surface area contributed by atoms with Crippen LogP contribution in [0.4, 0.5) is 5.82 Å². The molecule has 2 aliphatic heterocycles. The van der Waals surface area contributed by atoms with Gasteiger partial charge in [0.25, 0.3) is 0 Å². The van der Waals surface area contributed by atoms with Gasteiger partial charge < -0.3 is 4.90 Å². The highest BCUT2D eigenvalue weighted by Gasteiger charge is 2.26. The van der Waals surface area contributed by atoms with Crippen molar-refractivity contribution >= 4 is 23.2 Å². The van der Waals surface area contributed by atoms with Crippen molar-refractivity contribution in [1.29, 1.82) is 0 Å². The fourth-order valence-electron chi connectivity index (χ4n) is 3.80. The predicted octanol–water partition coefficient (Wildman–Crippen LogP) is 2.40. The Morgan fingerprint density at radius 3 is 2.85 bits per heavy atom. The maximum Gasteiger partial charge on any atom is 0.177 e. The zero-order valence-corrected chi connectivity index (χ0v) is 15.6. The van der Waals surface area contributed by atoms with Crippen molar-refractivity contribution in [3.63, 3.8) is 0 Å². The molecule has 0 N–H and O–H groups in total. The number of piperidine rings is 1. The van der Waals surface area contributed by atoms with Crippen molar-refractivity contribution in [3.8, 4) is 0 Å². The molecule has 26 heavy (non-hydrogen) atoms. The average Bonchev–Trinajstić information content (AvgIpc) is 3.11.